The van der Waals surface area contributed by atoms with E-state index in [1.54, 1.807) is 0 Å². The van der Waals surface area contributed by atoms with E-state index in [0.29, 0.717) is 0 Å². The average molecular weight is 985 g/mol. The normalized spacial score (nSPS) is 14.4. The topological polar surface area (TPSA) is 0 Å². The summed E-state index contributed by atoms with van der Waals surface area (Å²) in [7, 11) is 0. The summed E-state index contributed by atoms with van der Waals surface area (Å²) >= 11 is -12.4. The maximum atomic E-state index is 2.57. The van der Waals surface area contributed by atoms with Crippen LogP contribution in [0.2, 0.25) is 0 Å². The number of benzene rings is 10. The molecular formula is C60H46Ge3. The molecule has 0 spiro atoms. The fraction of sp³-hybridized carbons (Fsp3) is 0. The van der Waals surface area contributed by atoms with Gasteiger partial charge in [0, 0.05) is 0 Å². The standard InChI is InChI=1S/C60H46Ge3/c1-7-27-47(28-8-1)61(48-29-9-2-10-30-48)55-41-21-19-39-53(55)54-40-20-22-42-56(54)62(49-31-11-3-12-32-49,50-33-13-4-14-34-50)58-44-24-26-46-60(58)63(51-35-15-5-16-36-51,52-37-17-6-18-38-52)59-45-25-23-43-57(59)61/h1-46H. The van der Waals surface area contributed by atoms with Crippen LogP contribution in [0.5, 0.6) is 0 Å². The van der Waals surface area contributed by atoms with Gasteiger partial charge in [-0.05, 0) is 0 Å². The quantitative estimate of drug-likeness (QED) is 0.185. The molecule has 1 aliphatic rings. The van der Waals surface area contributed by atoms with Crippen LogP contribution < -0.4 is 52.8 Å². The molecule has 11 rings (SSSR count). The molecule has 0 amide bonds. The van der Waals surface area contributed by atoms with E-state index in [9.17, 15) is 0 Å². The molecular weight excluding hydrogens is 938 g/mol. The molecule has 0 bridgehead atoms. The van der Waals surface area contributed by atoms with Gasteiger partial charge in [-0.25, -0.2) is 0 Å². The summed E-state index contributed by atoms with van der Waals surface area (Å²) < 4.78 is 17.6. The van der Waals surface area contributed by atoms with Gasteiger partial charge in [0.15, 0.2) is 0 Å². The summed E-state index contributed by atoms with van der Waals surface area (Å²) in [5.41, 5.74) is 2.68. The summed E-state index contributed by atoms with van der Waals surface area (Å²) in [6.45, 7) is 0. The van der Waals surface area contributed by atoms with Gasteiger partial charge >= 0.3 is 383 Å². The van der Waals surface area contributed by atoms with Crippen LogP contribution in [0.25, 0.3) is 11.1 Å². The Hall–Kier alpha value is -6.17. The van der Waals surface area contributed by atoms with Crippen molar-refractivity contribution in [3.05, 3.63) is 279 Å². The van der Waals surface area contributed by atoms with E-state index in [-0.39, 0.29) is 0 Å². The maximum absolute atomic E-state index is 4.19. The minimum absolute atomic E-state index is 1.34. The number of rotatable bonds is 6. The van der Waals surface area contributed by atoms with Gasteiger partial charge in [-0.3, -0.25) is 0 Å². The van der Waals surface area contributed by atoms with E-state index < -0.39 is 39.8 Å². The van der Waals surface area contributed by atoms with Crippen LogP contribution in [0.15, 0.2) is 279 Å². The number of hydrogen-bond acceptors (Lipinski definition) is 0. The van der Waals surface area contributed by atoms with Gasteiger partial charge in [-0.2, -0.15) is 0 Å². The van der Waals surface area contributed by atoms with Crippen LogP contribution in [0.3, 0.4) is 0 Å². The predicted octanol–water partition coefficient (Wildman–Crippen LogP) is 5.80. The van der Waals surface area contributed by atoms with E-state index in [1.807, 2.05) is 0 Å². The van der Waals surface area contributed by atoms with E-state index in [1.165, 1.54) is 63.9 Å². The Morgan fingerprint density at radius 1 is 0.143 bits per heavy atom. The molecule has 0 nitrogen and oxygen atoms in total. The van der Waals surface area contributed by atoms with Gasteiger partial charge in [-0.15, -0.1) is 0 Å². The van der Waals surface area contributed by atoms with Gasteiger partial charge in [0.25, 0.3) is 0 Å². The second kappa shape index (κ2) is 16.8. The molecule has 0 radical (unpaired) electrons. The Morgan fingerprint density at radius 2 is 0.302 bits per heavy atom. The second-order valence-corrected chi connectivity index (χ2v) is 40.1. The summed E-state index contributed by atoms with van der Waals surface area (Å²) in [5.74, 6) is 0. The van der Waals surface area contributed by atoms with E-state index >= 15 is 0 Å². The molecule has 1 aliphatic heterocycles. The van der Waals surface area contributed by atoms with Crippen molar-refractivity contribution >= 4 is 92.5 Å². The van der Waals surface area contributed by atoms with Gasteiger partial charge in [-0.1, -0.05) is 0 Å². The van der Waals surface area contributed by atoms with Crippen LogP contribution in [0.1, 0.15) is 0 Å². The number of hydrogen-bond donors (Lipinski definition) is 0. The first-order valence-corrected chi connectivity index (χ1v) is 34.6. The van der Waals surface area contributed by atoms with Crippen LogP contribution >= 0.6 is 0 Å². The molecule has 0 aliphatic carbocycles. The zero-order valence-corrected chi connectivity index (χ0v) is 41.4. The molecule has 10 aromatic rings. The zero-order valence-electron chi connectivity index (χ0n) is 35.1. The monoisotopic (exact) mass is 988 g/mol. The van der Waals surface area contributed by atoms with Crippen molar-refractivity contribution in [3.63, 3.8) is 0 Å². The SMILES string of the molecule is c1cc[c]([Ge]2([c]3ccccc3)[c]3ccccc3-c3cccc[c]3[Ge]([c]3ccccc3)([c]3ccccc3)[c]3cccc[c]3[Ge]([c]3ccccc3)([c]3ccccc3)[c]3cccc[c]32)cc1. The van der Waals surface area contributed by atoms with E-state index in [0.717, 1.165) is 0 Å². The Labute approximate surface area is 379 Å². The molecule has 0 unspecified atom stereocenters. The average Bonchev–Trinajstić information content (AvgIpc) is 3.38. The molecule has 0 N–H and O–H groups in total. The number of fused-ring (bicyclic) bond motifs is 5. The third kappa shape index (κ3) is 6.18. The Morgan fingerprint density at radius 3 is 0.524 bits per heavy atom. The van der Waals surface area contributed by atoms with Gasteiger partial charge in [0.05, 0.1) is 0 Å². The van der Waals surface area contributed by atoms with Crippen molar-refractivity contribution in [2.75, 3.05) is 0 Å². The molecule has 3 heteroatoms. The molecule has 1 heterocycles. The molecule has 0 saturated carbocycles. The molecule has 0 aromatic heterocycles. The molecule has 0 atom stereocenters. The summed E-state index contributed by atoms with van der Waals surface area (Å²) in [6, 6.07) is 109. The Bertz CT molecular complexity index is 2860. The van der Waals surface area contributed by atoms with Crippen LogP contribution in [-0.4, -0.2) is 39.8 Å². The van der Waals surface area contributed by atoms with Gasteiger partial charge in [0.1, 0.15) is 0 Å². The third-order valence-electron chi connectivity index (χ3n) is 13.7. The zero-order chi connectivity index (χ0) is 42.1. The Kier molecular flexibility index (Phi) is 10.6. The fourth-order valence-electron chi connectivity index (χ4n) is 11.3. The van der Waals surface area contributed by atoms with Gasteiger partial charge in [0.2, 0.25) is 0 Å². The first-order valence-electron chi connectivity index (χ1n) is 22.0. The molecule has 10 aromatic carbocycles. The van der Waals surface area contributed by atoms with Gasteiger partial charge < -0.3 is 0 Å². The van der Waals surface area contributed by atoms with Crippen molar-refractivity contribution in [2.45, 2.75) is 0 Å². The first kappa shape index (κ1) is 39.7. The van der Waals surface area contributed by atoms with Crippen LogP contribution in [0, 0.1) is 0 Å². The molecule has 0 fully saturated rings. The van der Waals surface area contributed by atoms with Crippen molar-refractivity contribution < 1.29 is 0 Å². The molecule has 298 valence electrons. The molecule has 0 saturated heterocycles. The van der Waals surface area contributed by atoms with Crippen LogP contribution in [0.4, 0.5) is 0 Å². The fourth-order valence-corrected chi connectivity index (χ4v) is 51.0. The summed E-state index contributed by atoms with van der Waals surface area (Å²) in [5, 5.41) is 0. The summed E-state index contributed by atoms with van der Waals surface area (Å²) in [4.78, 5) is 0. The Balaban J connectivity index is 1.50. The van der Waals surface area contributed by atoms with E-state index in [2.05, 4.69) is 279 Å². The summed E-state index contributed by atoms with van der Waals surface area (Å²) in [6.07, 6.45) is 0. The van der Waals surface area contributed by atoms with Crippen molar-refractivity contribution in [1.29, 1.82) is 0 Å². The van der Waals surface area contributed by atoms with E-state index in [4.69, 9.17) is 0 Å². The van der Waals surface area contributed by atoms with Crippen molar-refractivity contribution in [1.82, 2.24) is 0 Å². The third-order valence-corrected chi connectivity index (χ3v) is 46.6. The minimum atomic E-state index is -4.19. The predicted molar refractivity (Wildman–Crippen MR) is 276 cm³/mol. The molecule has 63 heavy (non-hydrogen) atoms. The first-order chi connectivity index (χ1) is 31.3. The van der Waals surface area contributed by atoms with Crippen LogP contribution in [-0.2, 0) is 0 Å². The van der Waals surface area contributed by atoms with Crippen molar-refractivity contribution in [2.24, 2.45) is 0 Å². The van der Waals surface area contributed by atoms with Crippen molar-refractivity contribution in [3.8, 4) is 11.1 Å². The second-order valence-electron chi connectivity index (χ2n) is 16.6.